The molecule has 5 atom stereocenters. The first-order chi connectivity index (χ1) is 40.3. The summed E-state index contributed by atoms with van der Waals surface area (Å²) in [6, 6.07) is 36.7. The number of H-pyrrole nitrogens is 1. The number of aliphatic hydroxyl groups excluding tert-OH is 1. The number of nitrogen functional groups attached to an aromatic ring is 1. The van der Waals surface area contributed by atoms with Gasteiger partial charge >= 0.3 is 0 Å². The third kappa shape index (κ3) is 12.8. The summed E-state index contributed by atoms with van der Waals surface area (Å²) in [5, 5.41) is 29.4. The van der Waals surface area contributed by atoms with Crippen LogP contribution in [0.4, 0.5) is 5.82 Å². The number of nitriles is 1. The van der Waals surface area contributed by atoms with Crippen molar-refractivity contribution in [2.45, 2.75) is 69.1 Å². The van der Waals surface area contributed by atoms with Crippen molar-refractivity contribution in [1.82, 2.24) is 49.8 Å². The Morgan fingerprint density at radius 2 is 1.60 bits per heavy atom. The zero-order valence-corrected chi connectivity index (χ0v) is 46.9. The Balaban J connectivity index is 0.599. The van der Waals surface area contributed by atoms with Crippen LogP contribution in [0.5, 0.6) is 23.3 Å². The quantitative estimate of drug-likeness (QED) is 0.0302. The molecule has 7 heterocycles. The molecule has 8 aromatic rings. The Kier molecular flexibility index (Phi) is 16.9. The first kappa shape index (κ1) is 56.4. The van der Waals surface area contributed by atoms with E-state index in [0.29, 0.717) is 95.1 Å². The van der Waals surface area contributed by atoms with Gasteiger partial charge in [-0.1, -0.05) is 66.2 Å². The summed E-state index contributed by atoms with van der Waals surface area (Å²) in [6.07, 6.45) is 2.87. The molecule has 0 unspecified atom stereocenters. The van der Waals surface area contributed by atoms with Crippen molar-refractivity contribution in [3.63, 3.8) is 0 Å². The number of likely N-dealkylation sites (N-methyl/N-ethyl adjacent to an activating group) is 1. The van der Waals surface area contributed by atoms with Crippen molar-refractivity contribution >= 4 is 51.4 Å². The molecule has 2 amide bonds. The normalized spacial score (nSPS) is 19.0. The first-order valence-corrected chi connectivity index (χ1v) is 27.9. The van der Waals surface area contributed by atoms with E-state index in [1.165, 1.54) is 6.33 Å². The number of nitrogens with zero attached hydrogens (tertiary/aromatic N) is 9. The molecule has 0 bridgehead atoms. The van der Waals surface area contributed by atoms with E-state index in [9.17, 15) is 20.0 Å². The van der Waals surface area contributed by atoms with E-state index < -0.39 is 23.9 Å². The van der Waals surface area contributed by atoms with Gasteiger partial charge in [-0.15, -0.1) is 0 Å². The highest BCUT2D eigenvalue weighted by Gasteiger charge is 2.49. The molecule has 4 aromatic carbocycles. The number of imidazole rings is 1. The van der Waals surface area contributed by atoms with Gasteiger partial charge in [0, 0.05) is 42.7 Å². The second kappa shape index (κ2) is 24.9. The molecule has 83 heavy (non-hydrogen) atoms. The molecule has 4 aromatic heterocycles. The standard InChI is InChI=1S/C61H63ClN12O9/c1-61(2,31-41(32-63)59(77)73-25-7-8-42(33-73)74-58-51(56(64)66-36-67-58)53(71-74)40-17-21-45(22-18-40)82-44-9-5-4-6-10-44)72(3)26-29-78-27-23-50(76)65-24-28-79-43-19-15-38(16-20-43)37-11-13-39(14-12-37)52-46(62)30-47-57(69-52)70-60(68-47)83-49-35-81-54-48(75)34-80-55(49)54/h4-6,9-22,30-31,36,42,48-49,54-55,75H,7-8,23-29,33-35H2,1-3H3,(H,65,76)(H2,64,66,67)(H,68,69,70)/b41-31+/t42-,48+,49+,54+,55+/m1/s1. The van der Waals surface area contributed by atoms with Gasteiger partial charge in [-0.25, -0.2) is 19.6 Å². The molecule has 0 saturated carbocycles. The average molecular weight is 1140 g/mol. The number of aromatic nitrogens is 7. The van der Waals surface area contributed by atoms with Crippen LogP contribution in [0.25, 0.3) is 55.8 Å². The Morgan fingerprint density at radius 1 is 0.904 bits per heavy atom. The molecule has 5 N–H and O–H groups in total. The smallest absolute Gasteiger partial charge is 0.296 e. The van der Waals surface area contributed by atoms with E-state index >= 15 is 0 Å². The number of carbonyl (C=O) groups is 2. The molecule has 11 rings (SSSR count). The number of anilines is 1. The Morgan fingerprint density at radius 3 is 2.37 bits per heavy atom. The monoisotopic (exact) mass is 1140 g/mol. The van der Waals surface area contributed by atoms with Crippen molar-refractivity contribution in [1.29, 1.82) is 5.26 Å². The third-order valence-corrected chi connectivity index (χ3v) is 15.5. The van der Waals surface area contributed by atoms with E-state index in [2.05, 4.69) is 31.3 Å². The number of halogens is 1. The molecule has 22 heteroatoms. The fourth-order valence-corrected chi connectivity index (χ4v) is 10.7. The van der Waals surface area contributed by atoms with Gasteiger partial charge < -0.3 is 54.5 Å². The Labute approximate surface area is 483 Å². The van der Waals surface area contributed by atoms with Crippen molar-refractivity contribution < 1.29 is 43.1 Å². The molecule has 21 nitrogen and oxygen atoms in total. The lowest BCUT2D eigenvalue weighted by Gasteiger charge is -2.35. The van der Waals surface area contributed by atoms with E-state index in [1.807, 2.05) is 134 Å². The Hall–Kier alpha value is -8.49. The summed E-state index contributed by atoms with van der Waals surface area (Å²) >= 11 is 6.70. The predicted molar refractivity (Wildman–Crippen MR) is 311 cm³/mol. The largest absolute Gasteiger partial charge is 0.492 e. The first-order valence-electron chi connectivity index (χ1n) is 27.6. The number of benzene rings is 4. The van der Waals surface area contributed by atoms with Crippen molar-refractivity contribution in [2.24, 2.45) is 0 Å². The molecule has 3 saturated heterocycles. The van der Waals surface area contributed by atoms with Crippen LogP contribution in [0.15, 0.2) is 127 Å². The number of amides is 2. The van der Waals surface area contributed by atoms with Crippen LogP contribution in [0, 0.1) is 11.3 Å². The molecule has 0 radical (unpaired) electrons. The van der Waals surface area contributed by atoms with E-state index in [0.717, 1.165) is 34.4 Å². The van der Waals surface area contributed by atoms with Crippen molar-refractivity contribution in [3.05, 3.63) is 132 Å². The number of nitrogens with one attached hydrogen (secondary N) is 2. The molecule has 0 aliphatic carbocycles. The van der Waals surface area contributed by atoms with Crippen molar-refractivity contribution in [3.8, 4) is 63.0 Å². The number of carbonyl (C=O) groups excluding carboxylic acids is 2. The van der Waals surface area contributed by atoms with Gasteiger partial charge in [-0.2, -0.15) is 15.3 Å². The van der Waals surface area contributed by atoms with Gasteiger partial charge in [0.05, 0.1) is 60.6 Å². The maximum Gasteiger partial charge on any atom is 0.296 e. The number of fused-ring (bicyclic) bond motifs is 3. The molecule has 3 fully saturated rings. The number of hydrogen-bond acceptors (Lipinski definition) is 17. The molecule has 428 valence electrons. The maximum atomic E-state index is 14.1. The second-order valence-corrected chi connectivity index (χ2v) is 21.6. The number of hydrogen-bond donors (Lipinski definition) is 4. The molecule has 3 aliphatic rings. The molecule has 0 spiro atoms. The number of nitrogens with two attached hydrogens (primary N) is 1. The number of likely N-dealkylation sites (tertiary alicyclic amines) is 1. The van der Waals surface area contributed by atoms with E-state index in [4.69, 9.17) is 55.8 Å². The maximum absolute atomic E-state index is 14.1. The number of aliphatic hydroxyl groups is 1. The third-order valence-electron chi connectivity index (χ3n) is 15.2. The number of aromatic amines is 1. The summed E-state index contributed by atoms with van der Waals surface area (Å²) in [5.41, 5.74) is 12.3. The lowest BCUT2D eigenvalue weighted by atomic mass is 9.98. The summed E-state index contributed by atoms with van der Waals surface area (Å²) in [6.45, 7) is 6.83. The van der Waals surface area contributed by atoms with Crippen LogP contribution in [0.3, 0.4) is 0 Å². The predicted octanol–water partition coefficient (Wildman–Crippen LogP) is 7.96. The van der Waals surface area contributed by atoms with E-state index in [-0.39, 0.29) is 68.4 Å². The zero-order chi connectivity index (χ0) is 57.6. The van der Waals surface area contributed by atoms with Gasteiger partial charge in [0.2, 0.25) is 5.91 Å². The fourth-order valence-electron chi connectivity index (χ4n) is 10.5. The van der Waals surface area contributed by atoms with Crippen LogP contribution in [0.2, 0.25) is 5.02 Å². The summed E-state index contributed by atoms with van der Waals surface area (Å²) < 4.78 is 37.0. The molecular weight excluding hydrogens is 1080 g/mol. The lowest BCUT2D eigenvalue weighted by Crippen LogP contribution is -2.44. The van der Waals surface area contributed by atoms with Crippen LogP contribution < -0.4 is 25.3 Å². The van der Waals surface area contributed by atoms with Crippen LogP contribution in [-0.2, 0) is 23.8 Å². The molecule has 3 aliphatic heterocycles. The minimum Gasteiger partial charge on any atom is -0.492 e. The van der Waals surface area contributed by atoms with E-state index in [1.54, 1.807) is 17.0 Å². The number of piperidine rings is 1. The van der Waals surface area contributed by atoms with Gasteiger partial charge in [0.15, 0.2) is 17.4 Å². The van der Waals surface area contributed by atoms with Crippen LogP contribution in [-0.4, -0.2) is 158 Å². The minimum atomic E-state index is -0.684. The van der Waals surface area contributed by atoms with Gasteiger partial charge in [-0.05, 0) is 106 Å². The number of rotatable bonds is 21. The topological polar surface area (TPSA) is 263 Å². The highest BCUT2D eigenvalue weighted by molar-refractivity contribution is 6.33. The highest BCUT2D eigenvalue weighted by atomic mass is 35.5. The SMILES string of the molecule is CN(CCOCCC(=O)NCCOc1ccc(-c2ccc(-c3nc4nc(O[C@H]5CO[C@@H]6[C@H]5OC[C@@H]6O)[nH]c4cc3Cl)cc2)cc1)C(C)(C)/C=C(\C#N)C(=O)N1CCC[C@@H](n2nc(-c3ccc(Oc4ccccc4)cc3)c3c(N)ncnc32)C1. The zero-order valence-electron chi connectivity index (χ0n) is 46.1. The minimum absolute atomic E-state index is 0.0460. The fraction of sp³-hybridized carbons (Fsp3) is 0.344. The van der Waals surface area contributed by atoms with Crippen LogP contribution in [0.1, 0.15) is 39.2 Å². The number of ether oxygens (including phenoxy) is 6. The Bertz CT molecular complexity index is 3670. The average Bonchev–Trinajstić information content (AvgIpc) is 3.05. The number of pyridine rings is 1. The number of para-hydroxylation sites is 1. The van der Waals surface area contributed by atoms with Crippen molar-refractivity contribution in [2.75, 3.05) is 72.0 Å². The highest BCUT2D eigenvalue weighted by Crippen LogP contribution is 2.37. The molecular formula is C61H63ClN12O9. The van der Waals surface area contributed by atoms with Crippen LogP contribution >= 0.6 is 11.6 Å². The lowest BCUT2D eigenvalue weighted by molar-refractivity contribution is -0.128. The summed E-state index contributed by atoms with van der Waals surface area (Å²) in [7, 11) is 1.90. The van der Waals surface area contributed by atoms with Gasteiger partial charge in [-0.3, -0.25) is 14.5 Å². The second-order valence-electron chi connectivity index (χ2n) is 21.2. The van der Waals surface area contributed by atoms with Gasteiger partial charge in [0.25, 0.3) is 11.9 Å². The van der Waals surface area contributed by atoms with Gasteiger partial charge in [0.1, 0.15) is 71.6 Å². The summed E-state index contributed by atoms with van der Waals surface area (Å²) in [5.74, 6) is 1.86. The summed E-state index contributed by atoms with van der Waals surface area (Å²) in [4.78, 5) is 51.7.